The molecule has 0 atom stereocenters. The fraction of sp³-hybridized carbons (Fsp3) is 0.100. The number of fused-ring (bicyclic) bond motifs is 3. The van der Waals surface area contributed by atoms with E-state index in [1.807, 2.05) is 12.3 Å². The van der Waals surface area contributed by atoms with Gasteiger partial charge in [-0.15, -0.1) is 0 Å². The molecule has 0 fully saturated rings. The Balaban J connectivity index is 2.41. The van der Waals surface area contributed by atoms with Crippen LogP contribution in [0.15, 0.2) is 29.4 Å². The first-order valence-corrected chi connectivity index (χ1v) is 4.30. The summed E-state index contributed by atoms with van der Waals surface area (Å²) in [7, 11) is 0. The molecule has 0 saturated heterocycles. The molecule has 1 aliphatic rings. The number of hydrogen-bond acceptors (Lipinski definition) is 2. The molecular formula is C10H9N3. The quantitative estimate of drug-likeness (QED) is 0.621. The van der Waals surface area contributed by atoms with E-state index in [0.29, 0.717) is 0 Å². The summed E-state index contributed by atoms with van der Waals surface area (Å²) < 4.78 is 0. The smallest absolute Gasteiger partial charge is 0.0707 e. The Bertz CT molecular complexity index is 482. The van der Waals surface area contributed by atoms with Crippen molar-refractivity contribution < 1.29 is 0 Å². The monoisotopic (exact) mass is 171 g/mol. The number of rotatable bonds is 0. The first-order chi connectivity index (χ1) is 6.45. The standard InChI is InChI=1S/C10H9N3/c1-2-4-9-7(3-1)8-5-11-12-6-10(8)13-9/h1-4,6,11,13H,5H2. The van der Waals surface area contributed by atoms with E-state index in [-0.39, 0.29) is 0 Å². The van der Waals surface area contributed by atoms with Crippen molar-refractivity contribution in [2.45, 2.75) is 6.54 Å². The Labute approximate surface area is 75.5 Å². The van der Waals surface area contributed by atoms with Crippen molar-refractivity contribution in [3.63, 3.8) is 0 Å². The van der Waals surface area contributed by atoms with Crippen LogP contribution in [0.5, 0.6) is 0 Å². The van der Waals surface area contributed by atoms with Gasteiger partial charge in [0.15, 0.2) is 0 Å². The van der Waals surface area contributed by atoms with Crippen molar-refractivity contribution in [1.82, 2.24) is 10.4 Å². The summed E-state index contributed by atoms with van der Waals surface area (Å²) in [6.07, 6.45) is 1.83. The van der Waals surface area contributed by atoms with Crippen LogP contribution in [0.3, 0.4) is 0 Å². The first-order valence-electron chi connectivity index (χ1n) is 4.30. The number of benzene rings is 1. The highest BCUT2D eigenvalue weighted by atomic mass is 15.3. The van der Waals surface area contributed by atoms with E-state index in [1.54, 1.807) is 0 Å². The molecule has 2 heterocycles. The molecule has 2 N–H and O–H groups in total. The highest BCUT2D eigenvalue weighted by Gasteiger charge is 2.10. The number of para-hydroxylation sites is 1. The molecular weight excluding hydrogens is 162 g/mol. The average Bonchev–Trinajstić information content (AvgIpc) is 2.56. The van der Waals surface area contributed by atoms with Crippen molar-refractivity contribution in [2.24, 2.45) is 5.10 Å². The Morgan fingerprint density at radius 3 is 3.15 bits per heavy atom. The van der Waals surface area contributed by atoms with Crippen LogP contribution in [0.25, 0.3) is 10.9 Å². The molecule has 13 heavy (non-hydrogen) atoms. The lowest BCUT2D eigenvalue weighted by Gasteiger charge is -2.05. The van der Waals surface area contributed by atoms with E-state index < -0.39 is 0 Å². The van der Waals surface area contributed by atoms with Crippen LogP contribution in [0, 0.1) is 0 Å². The molecule has 1 aliphatic heterocycles. The Hall–Kier alpha value is -1.77. The van der Waals surface area contributed by atoms with Gasteiger partial charge in [0.25, 0.3) is 0 Å². The Morgan fingerprint density at radius 1 is 1.23 bits per heavy atom. The van der Waals surface area contributed by atoms with Gasteiger partial charge >= 0.3 is 0 Å². The van der Waals surface area contributed by atoms with Crippen LogP contribution in [0.1, 0.15) is 11.3 Å². The maximum atomic E-state index is 4.01. The third-order valence-corrected chi connectivity index (χ3v) is 2.39. The molecule has 0 spiro atoms. The molecule has 2 aromatic rings. The highest BCUT2D eigenvalue weighted by molar-refractivity contribution is 5.94. The topological polar surface area (TPSA) is 40.2 Å². The van der Waals surface area contributed by atoms with Crippen molar-refractivity contribution in [1.29, 1.82) is 0 Å². The summed E-state index contributed by atoms with van der Waals surface area (Å²) in [5.74, 6) is 0. The summed E-state index contributed by atoms with van der Waals surface area (Å²) in [5.41, 5.74) is 6.59. The molecule has 1 aromatic carbocycles. The fourth-order valence-corrected chi connectivity index (χ4v) is 1.76. The molecule has 3 nitrogen and oxygen atoms in total. The fourth-order valence-electron chi connectivity index (χ4n) is 1.76. The molecule has 0 radical (unpaired) electrons. The van der Waals surface area contributed by atoms with Gasteiger partial charge < -0.3 is 10.4 Å². The first kappa shape index (κ1) is 6.71. The van der Waals surface area contributed by atoms with E-state index in [1.165, 1.54) is 16.5 Å². The molecule has 64 valence electrons. The third-order valence-electron chi connectivity index (χ3n) is 2.39. The molecule has 0 aliphatic carbocycles. The minimum Gasteiger partial charge on any atom is -0.353 e. The van der Waals surface area contributed by atoms with Gasteiger partial charge in [0.1, 0.15) is 0 Å². The van der Waals surface area contributed by atoms with Gasteiger partial charge in [-0.1, -0.05) is 18.2 Å². The second-order valence-corrected chi connectivity index (χ2v) is 3.16. The van der Waals surface area contributed by atoms with E-state index in [4.69, 9.17) is 0 Å². The molecule has 1 aromatic heterocycles. The minimum atomic E-state index is 0.815. The lowest BCUT2D eigenvalue weighted by atomic mass is 10.1. The number of hydrazone groups is 1. The van der Waals surface area contributed by atoms with Crippen LogP contribution < -0.4 is 5.43 Å². The molecule has 0 amide bonds. The van der Waals surface area contributed by atoms with E-state index >= 15 is 0 Å². The van der Waals surface area contributed by atoms with Gasteiger partial charge in [0.2, 0.25) is 0 Å². The zero-order valence-corrected chi connectivity index (χ0v) is 7.04. The van der Waals surface area contributed by atoms with Crippen molar-refractivity contribution in [2.75, 3.05) is 0 Å². The van der Waals surface area contributed by atoms with Gasteiger partial charge in [-0.25, -0.2) is 0 Å². The van der Waals surface area contributed by atoms with Gasteiger partial charge in [0, 0.05) is 16.5 Å². The van der Waals surface area contributed by atoms with Crippen LogP contribution in [0.2, 0.25) is 0 Å². The lowest BCUT2D eigenvalue weighted by molar-refractivity contribution is 0.738. The summed E-state index contributed by atoms with van der Waals surface area (Å²) in [6, 6.07) is 8.31. The highest BCUT2D eigenvalue weighted by Crippen LogP contribution is 2.22. The zero-order valence-electron chi connectivity index (χ0n) is 7.04. The van der Waals surface area contributed by atoms with Crippen LogP contribution in [0.4, 0.5) is 0 Å². The predicted octanol–water partition coefficient (Wildman–Crippen LogP) is 1.60. The van der Waals surface area contributed by atoms with Crippen molar-refractivity contribution in [3.05, 3.63) is 35.5 Å². The van der Waals surface area contributed by atoms with Gasteiger partial charge in [-0.2, -0.15) is 5.10 Å². The van der Waals surface area contributed by atoms with Gasteiger partial charge in [0.05, 0.1) is 18.5 Å². The second kappa shape index (κ2) is 2.36. The summed E-state index contributed by atoms with van der Waals surface area (Å²) in [5, 5.41) is 5.30. The SMILES string of the molecule is C1=NNCc2c1[nH]c1ccccc21. The summed E-state index contributed by atoms with van der Waals surface area (Å²) in [4.78, 5) is 3.33. The largest absolute Gasteiger partial charge is 0.353 e. The maximum Gasteiger partial charge on any atom is 0.0707 e. The number of aromatic nitrogens is 1. The second-order valence-electron chi connectivity index (χ2n) is 3.16. The van der Waals surface area contributed by atoms with Crippen LogP contribution >= 0.6 is 0 Å². The van der Waals surface area contributed by atoms with Gasteiger partial charge in [-0.3, -0.25) is 0 Å². The molecule has 3 heteroatoms. The van der Waals surface area contributed by atoms with Gasteiger partial charge in [-0.05, 0) is 6.07 Å². The Kier molecular flexibility index (Phi) is 1.22. The van der Waals surface area contributed by atoms with Crippen LogP contribution in [-0.2, 0) is 6.54 Å². The van der Waals surface area contributed by atoms with Crippen molar-refractivity contribution >= 4 is 17.1 Å². The minimum absolute atomic E-state index is 0.815. The van der Waals surface area contributed by atoms with Crippen molar-refractivity contribution in [3.8, 4) is 0 Å². The number of nitrogens with one attached hydrogen (secondary N) is 2. The molecule has 3 rings (SSSR count). The molecule has 0 unspecified atom stereocenters. The van der Waals surface area contributed by atoms with E-state index in [2.05, 4.69) is 33.7 Å². The average molecular weight is 171 g/mol. The van der Waals surface area contributed by atoms with Crippen LogP contribution in [-0.4, -0.2) is 11.2 Å². The lowest BCUT2D eigenvalue weighted by Crippen LogP contribution is -2.12. The number of hydrogen-bond donors (Lipinski definition) is 2. The Morgan fingerprint density at radius 2 is 2.15 bits per heavy atom. The number of H-pyrrole nitrogens is 1. The molecule has 0 bridgehead atoms. The number of nitrogens with zero attached hydrogens (tertiary/aromatic N) is 1. The van der Waals surface area contributed by atoms with E-state index in [0.717, 1.165) is 12.2 Å². The summed E-state index contributed by atoms with van der Waals surface area (Å²) >= 11 is 0. The zero-order chi connectivity index (χ0) is 8.67. The normalized spacial score (nSPS) is 14.2. The third kappa shape index (κ3) is 0.869. The maximum absolute atomic E-state index is 4.01. The predicted molar refractivity (Wildman–Crippen MR) is 52.7 cm³/mol. The number of aromatic amines is 1. The molecule has 0 saturated carbocycles. The summed E-state index contributed by atoms with van der Waals surface area (Å²) in [6.45, 7) is 0.815. The van der Waals surface area contributed by atoms with E-state index in [9.17, 15) is 0 Å².